The quantitative estimate of drug-likeness (QED) is 0.0769. The van der Waals surface area contributed by atoms with Crippen molar-refractivity contribution in [1.29, 1.82) is 0 Å². The Kier molecular flexibility index (Phi) is 15.7. The summed E-state index contributed by atoms with van der Waals surface area (Å²) in [5.74, 6) is 0.925. The molecule has 1 atom stereocenters. The van der Waals surface area contributed by atoms with E-state index in [1.807, 2.05) is 37.3 Å². The molecular formula is C38H48O7. The number of esters is 2. The molecule has 3 aromatic carbocycles. The lowest BCUT2D eigenvalue weighted by molar-refractivity contribution is -0.134. The van der Waals surface area contributed by atoms with E-state index in [2.05, 4.69) is 6.92 Å². The number of aliphatic hydroxyl groups is 1. The summed E-state index contributed by atoms with van der Waals surface area (Å²) in [6.07, 6.45) is 13.1. The summed E-state index contributed by atoms with van der Waals surface area (Å²) in [5, 5.41) is 11.2. The van der Waals surface area contributed by atoms with Gasteiger partial charge in [0.1, 0.15) is 35.7 Å². The van der Waals surface area contributed by atoms with Crippen LogP contribution in [0.25, 0.3) is 6.08 Å². The van der Waals surface area contributed by atoms with Crippen LogP contribution in [0.1, 0.15) is 108 Å². The van der Waals surface area contributed by atoms with E-state index in [9.17, 15) is 14.7 Å². The van der Waals surface area contributed by atoms with Crippen molar-refractivity contribution < 1.29 is 33.6 Å². The number of hydrogen-bond donors (Lipinski definition) is 1. The highest BCUT2D eigenvalue weighted by molar-refractivity contribution is 5.75. The molecule has 7 nitrogen and oxygen atoms in total. The van der Waals surface area contributed by atoms with Crippen molar-refractivity contribution >= 4 is 18.0 Å². The van der Waals surface area contributed by atoms with E-state index in [0.717, 1.165) is 24.8 Å². The molecule has 3 rings (SSSR count). The number of hydrogen-bond acceptors (Lipinski definition) is 7. The molecule has 1 unspecified atom stereocenters. The van der Waals surface area contributed by atoms with E-state index in [-0.39, 0.29) is 12.6 Å². The van der Waals surface area contributed by atoms with E-state index < -0.39 is 12.1 Å². The maximum Gasteiger partial charge on any atom is 0.311 e. The van der Waals surface area contributed by atoms with Crippen molar-refractivity contribution in [3.8, 4) is 23.0 Å². The van der Waals surface area contributed by atoms with E-state index in [0.29, 0.717) is 47.2 Å². The zero-order chi connectivity index (χ0) is 32.3. The second kappa shape index (κ2) is 20.0. The van der Waals surface area contributed by atoms with Crippen LogP contribution in [0, 0.1) is 0 Å². The van der Waals surface area contributed by atoms with Gasteiger partial charge in [0.25, 0.3) is 0 Å². The highest BCUT2D eigenvalue weighted by Gasteiger charge is 2.15. The Balaban J connectivity index is 1.68. The van der Waals surface area contributed by atoms with Crippen LogP contribution >= 0.6 is 0 Å². The molecule has 0 saturated carbocycles. The molecular weight excluding hydrogens is 568 g/mol. The maximum atomic E-state index is 12.8. The Morgan fingerprint density at radius 1 is 0.756 bits per heavy atom. The summed E-state index contributed by atoms with van der Waals surface area (Å²) >= 11 is 0. The lowest BCUT2D eigenvalue weighted by atomic mass is 10.1. The van der Waals surface area contributed by atoms with Gasteiger partial charge in [0, 0.05) is 36.6 Å². The summed E-state index contributed by atoms with van der Waals surface area (Å²) in [4.78, 5) is 24.3. The monoisotopic (exact) mass is 616 g/mol. The number of unbranched alkanes of at least 4 members (excludes halogenated alkanes) is 8. The molecule has 0 aromatic heterocycles. The number of benzene rings is 3. The first-order valence-corrected chi connectivity index (χ1v) is 16.2. The second-order valence-electron chi connectivity index (χ2n) is 11.1. The van der Waals surface area contributed by atoms with Crippen LogP contribution in [0.2, 0.25) is 0 Å². The Labute approximate surface area is 268 Å². The second-order valence-corrected chi connectivity index (χ2v) is 11.1. The molecule has 0 aliphatic heterocycles. The predicted octanol–water partition coefficient (Wildman–Crippen LogP) is 9.16. The van der Waals surface area contributed by atoms with Gasteiger partial charge in [-0.1, -0.05) is 101 Å². The third-order valence-electron chi connectivity index (χ3n) is 7.26. The fourth-order valence-electron chi connectivity index (χ4n) is 4.90. The van der Waals surface area contributed by atoms with Gasteiger partial charge < -0.3 is 24.1 Å². The predicted molar refractivity (Wildman–Crippen MR) is 178 cm³/mol. The van der Waals surface area contributed by atoms with Crippen molar-refractivity contribution in [3.63, 3.8) is 0 Å². The number of rotatable bonds is 20. The Morgan fingerprint density at radius 2 is 1.42 bits per heavy atom. The minimum atomic E-state index is -1.06. The van der Waals surface area contributed by atoms with Gasteiger partial charge in [0.05, 0.1) is 6.61 Å². The first kappa shape index (κ1) is 35.4. The Bertz CT molecular complexity index is 1350. The molecule has 1 N–H and O–H groups in total. The molecule has 0 heterocycles. The summed E-state index contributed by atoms with van der Waals surface area (Å²) in [6.45, 7) is 6.20. The van der Waals surface area contributed by atoms with Crippen LogP contribution in [-0.4, -0.2) is 23.7 Å². The topological polar surface area (TPSA) is 91.3 Å². The summed E-state index contributed by atoms with van der Waals surface area (Å²) in [6, 6.07) is 19.8. The Hall–Kier alpha value is -4.10. The molecule has 0 spiro atoms. The van der Waals surface area contributed by atoms with E-state index in [4.69, 9.17) is 18.9 Å². The molecule has 3 aromatic rings. The third kappa shape index (κ3) is 13.2. The first-order chi connectivity index (χ1) is 21.9. The molecule has 0 saturated heterocycles. The van der Waals surface area contributed by atoms with Gasteiger partial charge in [0.15, 0.2) is 0 Å². The van der Waals surface area contributed by atoms with Gasteiger partial charge >= 0.3 is 11.9 Å². The van der Waals surface area contributed by atoms with Gasteiger partial charge in [-0.3, -0.25) is 9.59 Å². The summed E-state index contributed by atoms with van der Waals surface area (Å²) in [5.41, 5.74) is 2.07. The van der Waals surface area contributed by atoms with E-state index in [1.54, 1.807) is 48.6 Å². The standard InChI is InChI=1S/C38H48O7/c1-4-6-7-8-9-10-11-12-16-19-38(41)45-36-26-32(42-5-2)22-20-31(36)21-25-35(40)34-24-23-33(44-29(3)39)27-37(34)43-28-30-17-14-13-15-18-30/h13-15,17-18,20-27,35,40H,4-12,16,19,28H2,1-3H3. The minimum absolute atomic E-state index is 0.270. The largest absolute Gasteiger partial charge is 0.494 e. The lowest BCUT2D eigenvalue weighted by Gasteiger charge is -2.16. The van der Waals surface area contributed by atoms with Crippen LogP contribution in [0.5, 0.6) is 23.0 Å². The first-order valence-electron chi connectivity index (χ1n) is 16.2. The molecule has 0 aliphatic carbocycles. The number of aliphatic hydroxyl groups excluding tert-OH is 1. The SMILES string of the molecule is CCCCCCCCCCCC(=O)Oc1cc(OCC)ccc1C=CC(O)c1ccc(OC(C)=O)cc1OCc1ccccc1. The van der Waals surface area contributed by atoms with E-state index >= 15 is 0 Å². The average Bonchev–Trinajstić information content (AvgIpc) is 3.03. The molecule has 0 aliphatic rings. The van der Waals surface area contributed by atoms with Gasteiger partial charge in [0.2, 0.25) is 0 Å². The van der Waals surface area contributed by atoms with Gasteiger partial charge in [-0.15, -0.1) is 0 Å². The zero-order valence-electron chi connectivity index (χ0n) is 27.0. The highest BCUT2D eigenvalue weighted by atomic mass is 16.5. The maximum absolute atomic E-state index is 12.8. The number of carbonyl (C=O) groups excluding carboxylic acids is 2. The van der Waals surface area contributed by atoms with Gasteiger partial charge in [-0.25, -0.2) is 0 Å². The molecule has 0 radical (unpaired) electrons. The van der Waals surface area contributed by atoms with Crippen LogP contribution < -0.4 is 18.9 Å². The summed E-state index contributed by atoms with van der Waals surface area (Å²) in [7, 11) is 0. The van der Waals surface area contributed by atoms with Crippen molar-refractivity contribution in [3.05, 3.63) is 89.5 Å². The molecule has 0 amide bonds. The fraction of sp³-hybridized carbons (Fsp3) is 0.421. The molecule has 45 heavy (non-hydrogen) atoms. The minimum Gasteiger partial charge on any atom is -0.494 e. The summed E-state index contributed by atoms with van der Waals surface area (Å²) < 4.78 is 22.7. The smallest absolute Gasteiger partial charge is 0.311 e. The molecule has 242 valence electrons. The average molecular weight is 617 g/mol. The zero-order valence-corrected chi connectivity index (χ0v) is 27.0. The van der Waals surface area contributed by atoms with Crippen molar-refractivity contribution in [2.75, 3.05) is 6.61 Å². The Morgan fingerprint density at radius 3 is 2.11 bits per heavy atom. The van der Waals surface area contributed by atoms with Gasteiger partial charge in [-0.05, 0) is 43.2 Å². The number of ether oxygens (including phenoxy) is 4. The van der Waals surface area contributed by atoms with Crippen molar-refractivity contribution in [2.24, 2.45) is 0 Å². The third-order valence-corrected chi connectivity index (χ3v) is 7.26. The highest BCUT2D eigenvalue weighted by Crippen LogP contribution is 2.33. The normalized spacial score (nSPS) is 11.7. The molecule has 0 fully saturated rings. The van der Waals surface area contributed by atoms with Crippen LogP contribution in [0.15, 0.2) is 72.8 Å². The molecule has 7 heteroatoms. The van der Waals surface area contributed by atoms with Crippen LogP contribution in [0.3, 0.4) is 0 Å². The van der Waals surface area contributed by atoms with Gasteiger partial charge in [-0.2, -0.15) is 0 Å². The molecule has 0 bridgehead atoms. The van der Waals surface area contributed by atoms with Crippen molar-refractivity contribution in [2.45, 2.75) is 97.7 Å². The number of carbonyl (C=O) groups is 2. The van der Waals surface area contributed by atoms with E-state index in [1.165, 1.54) is 45.4 Å². The van der Waals surface area contributed by atoms with Crippen LogP contribution in [0.4, 0.5) is 0 Å². The van der Waals surface area contributed by atoms with Crippen LogP contribution in [-0.2, 0) is 16.2 Å². The van der Waals surface area contributed by atoms with Crippen molar-refractivity contribution in [1.82, 2.24) is 0 Å². The lowest BCUT2D eigenvalue weighted by Crippen LogP contribution is -2.09. The fourth-order valence-corrected chi connectivity index (χ4v) is 4.90.